The van der Waals surface area contributed by atoms with Crippen molar-refractivity contribution in [3.05, 3.63) is 35.4 Å². The third-order valence-electron chi connectivity index (χ3n) is 1.68. The van der Waals surface area contributed by atoms with Gasteiger partial charge in [-0.2, -0.15) is 0 Å². The van der Waals surface area contributed by atoms with Crippen LogP contribution in [0, 0.1) is 0 Å². The molecule has 0 amide bonds. The minimum Gasteiger partial charge on any atom is -0.496 e. The van der Waals surface area contributed by atoms with Crippen molar-refractivity contribution in [2.24, 2.45) is 0 Å². The van der Waals surface area contributed by atoms with Crippen molar-refractivity contribution in [2.45, 2.75) is 0 Å². The van der Waals surface area contributed by atoms with Gasteiger partial charge >= 0.3 is 19.6 Å². The summed E-state index contributed by atoms with van der Waals surface area (Å²) in [7, 11) is 0.741. The van der Waals surface area contributed by atoms with Crippen LogP contribution in [0.5, 0.6) is 0 Å². The lowest BCUT2D eigenvalue weighted by atomic mass is 10.1. The van der Waals surface area contributed by atoms with Crippen LogP contribution >= 0.6 is 0 Å². The molecule has 4 nitrogen and oxygen atoms in total. The summed E-state index contributed by atoms with van der Waals surface area (Å²) in [6, 6.07) is 6.33. The van der Waals surface area contributed by atoms with Crippen molar-refractivity contribution >= 4 is 19.6 Å². The molecule has 63 valence electrons. The van der Waals surface area contributed by atoms with Crippen LogP contribution in [-0.4, -0.2) is 19.6 Å². The quantitative estimate of drug-likeness (QED) is 0.540. The van der Waals surface area contributed by atoms with Crippen LogP contribution in [0.2, 0.25) is 0 Å². The van der Waals surface area contributed by atoms with E-state index >= 15 is 0 Å². The summed E-state index contributed by atoms with van der Waals surface area (Å²) in [5.74, 6) is -1.16. The highest BCUT2D eigenvalue weighted by Crippen LogP contribution is 2.13. The number of benzene rings is 1. The second kappa shape index (κ2) is 2.93. The Hall–Kier alpha value is -1.78. The third-order valence-corrected chi connectivity index (χ3v) is 1.68. The Morgan fingerprint density at radius 1 is 0.923 bits per heavy atom. The molecule has 0 spiro atoms. The van der Waals surface area contributed by atoms with Crippen LogP contribution in [0.25, 0.3) is 0 Å². The largest absolute Gasteiger partial charge is 0.662 e. The van der Waals surface area contributed by atoms with E-state index in [0.717, 1.165) is 7.69 Å². The SMILES string of the molecule is O=C1O[B]OC(=O)c2ccccc21. The first-order chi connectivity index (χ1) is 6.29. The molecule has 0 aromatic heterocycles. The molecule has 1 aromatic carbocycles. The first-order valence-electron chi connectivity index (χ1n) is 3.62. The van der Waals surface area contributed by atoms with Crippen molar-refractivity contribution in [1.82, 2.24) is 0 Å². The molecule has 0 aliphatic carbocycles. The molecule has 1 aliphatic heterocycles. The summed E-state index contributed by atoms with van der Waals surface area (Å²) in [6.07, 6.45) is 0. The average molecular weight is 175 g/mol. The van der Waals surface area contributed by atoms with Gasteiger partial charge in [0, 0.05) is 0 Å². The minimum atomic E-state index is -0.582. The van der Waals surface area contributed by atoms with Crippen LogP contribution in [-0.2, 0) is 9.31 Å². The second-order valence-electron chi connectivity index (χ2n) is 2.45. The molecular weight excluding hydrogens is 171 g/mol. The standard InChI is InChI=1S/C8H4BO4/c10-7-5-3-1-2-4-6(5)8(11)13-9-12-7/h1-4H. The Morgan fingerprint density at radius 2 is 1.38 bits per heavy atom. The lowest BCUT2D eigenvalue weighted by molar-refractivity contribution is 0.0668. The molecule has 0 saturated heterocycles. The van der Waals surface area contributed by atoms with Crippen molar-refractivity contribution in [1.29, 1.82) is 0 Å². The van der Waals surface area contributed by atoms with Gasteiger partial charge in [-0.15, -0.1) is 0 Å². The molecule has 1 aromatic rings. The van der Waals surface area contributed by atoms with Crippen LogP contribution in [0.4, 0.5) is 0 Å². The summed E-state index contributed by atoms with van der Waals surface area (Å²) in [5.41, 5.74) is 0.447. The predicted octanol–water partition coefficient (Wildman–Crippen LogP) is 0.548. The Bertz CT molecular complexity index is 339. The molecule has 1 radical (unpaired) electrons. The molecule has 5 heteroatoms. The van der Waals surface area contributed by atoms with E-state index in [2.05, 4.69) is 9.31 Å². The molecule has 1 heterocycles. The summed E-state index contributed by atoms with van der Waals surface area (Å²) in [6.45, 7) is 0. The Balaban J connectivity index is 2.57. The van der Waals surface area contributed by atoms with E-state index in [1.165, 1.54) is 12.1 Å². The van der Waals surface area contributed by atoms with Gasteiger partial charge in [0.05, 0.1) is 11.1 Å². The summed E-state index contributed by atoms with van der Waals surface area (Å²) in [4.78, 5) is 22.3. The third kappa shape index (κ3) is 1.28. The van der Waals surface area contributed by atoms with Crippen LogP contribution < -0.4 is 0 Å². The van der Waals surface area contributed by atoms with Crippen LogP contribution in [0.1, 0.15) is 20.7 Å². The molecule has 0 fully saturated rings. The lowest BCUT2D eigenvalue weighted by Crippen LogP contribution is -2.08. The summed E-state index contributed by atoms with van der Waals surface area (Å²) < 4.78 is 8.99. The van der Waals surface area contributed by atoms with Gasteiger partial charge in [0.2, 0.25) is 0 Å². The maximum absolute atomic E-state index is 11.2. The highest BCUT2D eigenvalue weighted by atomic mass is 16.6. The number of carbonyl (C=O) groups is 2. The lowest BCUT2D eigenvalue weighted by Gasteiger charge is -1.98. The number of rotatable bonds is 0. The van der Waals surface area contributed by atoms with Gasteiger partial charge < -0.3 is 9.31 Å². The average Bonchev–Trinajstić information content (AvgIpc) is 2.29. The molecule has 0 unspecified atom stereocenters. The zero-order chi connectivity index (χ0) is 9.26. The van der Waals surface area contributed by atoms with E-state index in [1.54, 1.807) is 12.1 Å². The Labute approximate surface area is 74.8 Å². The topological polar surface area (TPSA) is 52.6 Å². The zero-order valence-electron chi connectivity index (χ0n) is 6.52. The number of hydrogen-bond donors (Lipinski definition) is 0. The van der Waals surface area contributed by atoms with Crippen molar-refractivity contribution in [3.63, 3.8) is 0 Å². The first kappa shape index (κ1) is 7.85. The van der Waals surface area contributed by atoms with Gasteiger partial charge in [0.15, 0.2) is 0 Å². The van der Waals surface area contributed by atoms with Gasteiger partial charge in [0.25, 0.3) is 0 Å². The molecule has 0 bridgehead atoms. The van der Waals surface area contributed by atoms with Gasteiger partial charge in [-0.25, -0.2) is 9.59 Å². The molecule has 1 aliphatic rings. The van der Waals surface area contributed by atoms with Crippen LogP contribution in [0.15, 0.2) is 24.3 Å². The highest BCUT2D eigenvalue weighted by molar-refractivity contribution is 6.31. The Morgan fingerprint density at radius 3 is 1.85 bits per heavy atom. The monoisotopic (exact) mass is 175 g/mol. The molecule has 13 heavy (non-hydrogen) atoms. The van der Waals surface area contributed by atoms with Gasteiger partial charge in [-0.1, -0.05) is 12.1 Å². The van der Waals surface area contributed by atoms with Gasteiger partial charge in [-0.05, 0) is 12.1 Å². The maximum atomic E-state index is 11.2. The van der Waals surface area contributed by atoms with E-state index in [4.69, 9.17) is 0 Å². The zero-order valence-corrected chi connectivity index (χ0v) is 6.52. The molecule has 0 N–H and O–H groups in total. The van der Waals surface area contributed by atoms with E-state index in [0.29, 0.717) is 0 Å². The van der Waals surface area contributed by atoms with Gasteiger partial charge in [-0.3, -0.25) is 0 Å². The number of hydrogen-bond acceptors (Lipinski definition) is 4. The normalized spacial score (nSPS) is 14.8. The molecule has 0 saturated carbocycles. The van der Waals surface area contributed by atoms with E-state index in [9.17, 15) is 9.59 Å². The fraction of sp³-hybridized carbons (Fsp3) is 0. The van der Waals surface area contributed by atoms with Crippen molar-refractivity contribution in [2.75, 3.05) is 0 Å². The van der Waals surface area contributed by atoms with Gasteiger partial charge in [0.1, 0.15) is 0 Å². The van der Waals surface area contributed by atoms with Crippen molar-refractivity contribution in [3.8, 4) is 0 Å². The fourth-order valence-electron chi connectivity index (χ4n) is 1.08. The fourth-order valence-corrected chi connectivity index (χ4v) is 1.08. The van der Waals surface area contributed by atoms with Crippen molar-refractivity contribution < 1.29 is 18.9 Å². The van der Waals surface area contributed by atoms with E-state index < -0.39 is 11.9 Å². The predicted molar refractivity (Wildman–Crippen MR) is 43.0 cm³/mol. The van der Waals surface area contributed by atoms with E-state index in [-0.39, 0.29) is 11.1 Å². The molecule has 2 rings (SSSR count). The highest BCUT2D eigenvalue weighted by Gasteiger charge is 2.24. The second-order valence-corrected chi connectivity index (χ2v) is 2.45. The molecule has 0 atom stereocenters. The number of carbonyl (C=O) groups excluding carboxylic acids is 2. The van der Waals surface area contributed by atoms with E-state index in [1.807, 2.05) is 0 Å². The molecular formula is C8H4BO4. The first-order valence-corrected chi connectivity index (χ1v) is 3.62. The Kier molecular flexibility index (Phi) is 1.77. The summed E-state index contributed by atoms with van der Waals surface area (Å²) in [5, 5.41) is 0. The van der Waals surface area contributed by atoms with Crippen LogP contribution in [0.3, 0.4) is 0 Å². The summed E-state index contributed by atoms with van der Waals surface area (Å²) >= 11 is 0. The minimum absolute atomic E-state index is 0.223. The number of fused-ring (bicyclic) bond motifs is 1. The maximum Gasteiger partial charge on any atom is 0.662 e. The smallest absolute Gasteiger partial charge is 0.496 e.